The molecule has 3 aromatic rings. The third-order valence-corrected chi connectivity index (χ3v) is 5.14. The van der Waals surface area contributed by atoms with Crippen molar-refractivity contribution in [3.05, 3.63) is 83.8 Å². The van der Waals surface area contributed by atoms with Crippen LogP contribution in [-0.4, -0.2) is 24.0 Å². The van der Waals surface area contributed by atoms with Crippen LogP contribution in [0.2, 0.25) is 0 Å². The number of amides is 1. The first kappa shape index (κ1) is 18.2. The van der Waals surface area contributed by atoms with E-state index < -0.39 is 0 Å². The highest BCUT2D eigenvalue weighted by atomic mass is 19.1. The molecule has 5 heteroatoms. The summed E-state index contributed by atoms with van der Waals surface area (Å²) in [6, 6.07) is 20.0. The molecule has 4 rings (SSSR count). The van der Waals surface area contributed by atoms with Crippen LogP contribution in [0.3, 0.4) is 0 Å². The number of halogens is 1. The molecule has 1 aliphatic rings. The van der Waals surface area contributed by atoms with Crippen LogP contribution >= 0.6 is 0 Å². The van der Waals surface area contributed by atoms with Crippen LogP contribution in [0.15, 0.2) is 66.7 Å². The minimum atomic E-state index is -0.280. The van der Waals surface area contributed by atoms with Crippen molar-refractivity contribution in [2.75, 3.05) is 7.11 Å². The van der Waals surface area contributed by atoms with Crippen LogP contribution in [0.25, 0.3) is 11.3 Å². The molecule has 0 spiro atoms. The Kier molecular flexibility index (Phi) is 5.06. The normalized spacial score (nSPS) is 17.2. The largest absolute Gasteiger partial charge is 0.497 e. The van der Waals surface area contributed by atoms with Crippen molar-refractivity contribution in [2.24, 2.45) is 0 Å². The number of nitrogens with one attached hydrogen (secondary N) is 1. The predicted molar refractivity (Wildman–Crippen MR) is 106 cm³/mol. The molecule has 0 unspecified atom stereocenters. The van der Waals surface area contributed by atoms with E-state index in [1.54, 1.807) is 19.2 Å². The summed E-state index contributed by atoms with van der Waals surface area (Å²) in [4.78, 5) is 16.7. The van der Waals surface area contributed by atoms with Gasteiger partial charge in [-0.25, -0.2) is 4.39 Å². The molecule has 1 fully saturated rings. The second kappa shape index (κ2) is 7.80. The average molecular weight is 376 g/mol. The van der Waals surface area contributed by atoms with Crippen LogP contribution in [0, 0.1) is 5.82 Å². The summed E-state index contributed by atoms with van der Waals surface area (Å²) in [5.74, 6) is 0.421. The van der Waals surface area contributed by atoms with Crippen molar-refractivity contribution in [2.45, 2.75) is 24.8 Å². The number of benzene rings is 2. The van der Waals surface area contributed by atoms with E-state index in [1.807, 2.05) is 42.5 Å². The summed E-state index contributed by atoms with van der Waals surface area (Å²) in [5.41, 5.74) is 3.62. The molecule has 1 aliphatic heterocycles. The van der Waals surface area contributed by atoms with Gasteiger partial charge in [-0.05, 0) is 60.5 Å². The summed E-state index contributed by atoms with van der Waals surface area (Å²) < 4.78 is 18.7. The maximum Gasteiger partial charge on any atom is 0.220 e. The number of rotatable bonds is 5. The number of ether oxygens (including phenoxy) is 1. The highest BCUT2D eigenvalue weighted by Gasteiger charge is 2.32. The van der Waals surface area contributed by atoms with Gasteiger partial charge < -0.3 is 10.1 Å². The van der Waals surface area contributed by atoms with Crippen LogP contribution in [-0.2, 0) is 4.79 Å². The van der Waals surface area contributed by atoms with Gasteiger partial charge in [-0.3, -0.25) is 9.78 Å². The smallest absolute Gasteiger partial charge is 0.220 e. The average Bonchev–Trinajstić information content (AvgIpc) is 3.16. The Hall–Kier alpha value is -3.21. The van der Waals surface area contributed by atoms with Gasteiger partial charge in [0.25, 0.3) is 0 Å². The third kappa shape index (κ3) is 3.74. The van der Waals surface area contributed by atoms with E-state index in [1.165, 1.54) is 12.1 Å². The molecule has 2 heterocycles. The SMILES string of the molecule is COc1ccc(-c2cccc([C@H](c3ccc(F)cc3)[C@H]3CCC(=O)N3)n2)cc1. The fraction of sp³-hybridized carbons (Fsp3) is 0.217. The molecular formula is C23H21FN2O2. The van der Waals surface area contributed by atoms with Crippen LogP contribution in [0.1, 0.15) is 30.0 Å². The summed E-state index contributed by atoms with van der Waals surface area (Å²) >= 11 is 0. The van der Waals surface area contributed by atoms with Crippen LogP contribution < -0.4 is 10.1 Å². The number of nitrogens with zero attached hydrogens (tertiary/aromatic N) is 1. The zero-order chi connectivity index (χ0) is 19.5. The standard InChI is InChI=1S/C23H21FN2O2/c1-28-18-11-7-15(8-12-18)19-3-2-4-20(25-19)23(21-13-14-22(27)26-21)16-5-9-17(24)10-6-16/h2-12,21,23H,13-14H2,1H3,(H,26,27)/t21-,23+/m1/s1. The summed E-state index contributed by atoms with van der Waals surface area (Å²) in [6.45, 7) is 0. The van der Waals surface area contributed by atoms with E-state index in [2.05, 4.69) is 5.32 Å². The quantitative estimate of drug-likeness (QED) is 0.722. The zero-order valence-electron chi connectivity index (χ0n) is 15.6. The molecule has 0 saturated carbocycles. The highest BCUT2D eigenvalue weighted by Crippen LogP contribution is 2.33. The number of aromatic nitrogens is 1. The van der Waals surface area contributed by atoms with Crippen molar-refractivity contribution in [1.29, 1.82) is 0 Å². The van der Waals surface area contributed by atoms with Gasteiger partial charge in [0.15, 0.2) is 0 Å². The fourth-order valence-corrected chi connectivity index (χ4v) is 3.71. The maximum absolute atomic E-state index is 13.4. The fourth-order valence-electron chi connectivity index (χ4n) is 3.71. The first-order valence-electron chi connectivity index (χ1n) is 9.30. The van der Waals surface area contributed by atoms with E-state index in [-0.39, 0.29) is 23.7 Å². The van der Waals surface area contributed by atoms with Crippen molar-refractivity contribution in [3.63, 3.8) is 0 Å². The predicted octanol–water partition coefficient (Wildman–Crippen LogP) is 4.31. The van der Waals surface area contributed by atoms with Gasteiger partial charge in [0.2, 0.25) is 5.91 Å². The van der Waals surface area contributed by atoms with Gasteiger partial charge in [0.1, 0.15) is 11.6 Å². The molecule has 0 bridgehead atoms. The van der Waals surface area contributed by atoms with Gasteiger partial charge in [0, 0.05) is 23.9 Å². The van der Waals surface area contributed by atoms with Gasteiger partial charge in [0.05, 0.1) is 18.5 Å². The number of carbonyl (C=O) groups excluding carboxylic acids is 1. The topological polar surface area (TPSA) is 51.2 Å². The first-order valence-corrected chi connectivity index (χ1v) is 9.30. The number of pyridine rings is 1. The van der Waals surface area contributed by atoms with Crippen molar-refractivity contribution in [3.8, 4) is 17.0 Å². The number of hydrogen-bond acceptors (Lipinski definition) is 3. The molecule has 1 amide bonds. The molecule has 1 saturated heterocycles. The van der Waals surface area contributed by atoms with E-state index in [9.17, 15) is 9.18 Å². The zero-order valence-corrected chi connectivity index (χ0v) is 15.6. The van der Waals surface area contributed by atoms with Gasteiger partial charge in [-0.1, -0.05) is 18.2 Å². The van der Waals surface area contributed by atoms with Crippen molar-refractivity contribution in [1.82, 2.24) is 10.3 Å². The Labute approximate surface area is 163 Å². The molecule has 0 aliphatic carbocycles. The maximum atomic E-state index is 13.4. The lowest BCUT2D eigenvalue weighted by Gasteiger charge is -2.24. The van der Waals surface area contributed by atoms with E-state index in [4.69, 9.17) is 9.72 Å². The van der Waals surface area contributed by atoms with Crippen LogP contribution in [0.4, 0.5) is 4.39 Å². The molecule has 1 aromatic heterocycles. The van der Waals surface area contributed by atoms with Crippen molar-refractivity contribution < 1.29 is 13.9 Å². The summed E-state index contributed by atoms with van der Waals surface area (Å²) in [5, 5.41) is 3.05. The highest BCUT2D eigenvalue weighted by molar-refractivity contribution is 5.78. The molecule has 2 atom stereocenters. The molecule has 4 nitrogen and oxygen atoms in total. The Bertz CT molecular complexity index is 971. The van der Waals surface area contributed by atoms with Crippen molar-refractivity contribution >= 4 is 5.91 Å². The molecular weight excluding hydrogens is 355 g/mol. The second-order valence-corrected chi connectivity index (χ2v) is 6.92. The summed E-state index contributed by atoms with van der Waals surface area (Å²) in [7, 11) is 1.64. The Morgan fingerprint density at radius 2 is 1.82 bits per heavy atom. The number of hydrogen-bond donors (Lipinski definition) is 1. The van der Waals surface area contributed by atoms with Crippen LogP contribution in [0.5, 0.6) is 5.75 Å². The van der Waals surface area contributed by atoms with E-state index >= 15 is 0 Å². The molecule has 0 radical (unpaired) electrons. The van der Waals surface area contributed by atoms with Gasteiger partial charge in [-0.2, -0.15) is 0 Å². The first-order chi connectivity index (χ1) is 13.6. The molecule has 28 heavy (non-hydrogen) atoms. The van der Waals surface area contributed by atoms with E-state index in [0.717, 1.165) is 34.7 Å². The van der Waals surface area contributed by atoms with Gasteiger partial charge in [-0.15, -0.1) is 0 Å². The lowest BCUT2D eigenvalue weighted by atomic mass is 9.87. The monoisotopic (exact) mass is 376 g/mol. The minimum Gasteiger partial charge on any atom is -0.497 e. The van der Waals surface area contributed by atoms with E-state index in [0.29, 0.717) is 6.42 Å². The lowest BCUT2D eigenvalue weighted by Crippen LogP contribution is -2.32. The van der Waals surface area contributed by atoms with Gasteiger partial charge >= 0.3 is 0 Å². The molecule has 142 valence electrons. The third-order valence-electron chi connectivity index (χ3n) is 5.14. The Morgan fingerprint density at radius 1 is 1.07 bits per heavy atom. The summed E-state index contributed by atoms with van der Waals surface area (Å²) in [6.07, 6.45) is 1.23. The number of carbonyl (C=O) groups is 1. The molecule has 2 aromatic carbocycles. The second-order valence-electron chi connectivity index (χ2n) is 6.92. The Balaban J connectivity index is 1.73. The molecule has 1 N–H and O–H groups in total. The minimum absolute atomic E-state index is 0.0448. The number of methoxy groups -OCH3 is 1. The Morgan fingerprint density at radius 3 is 2.46 bits per heavy atom. The lowest BCUT2D eigenvalue weighted by molar-refractivity contribution is -0.119.